The van der Waals surface area contributed by atoms with Crippen LogP contribution in [-0.2, 0) is 9.59 Å². The van der Waals surface area contributed by atoms with Crippen LogP contribution in [0.15, 0.2) is 0 Å². The summed E-state index contributed by atoms with van der Waals surface area (Å²) in [5.74, 6) is -0.858. The summed E-state index contributed by atoms with van der Waals surface area (Å²) >= 11 is 0. The average Bonchev–Trinajstić information content (AvgIpc) is 2.81. The fourth-order valence-corrected chi connectivity index (χ4v) is 2.95. The van der Waals surface area contributed by atoms with Crippen LogP contribution < -0.4 is 0 Å². The second kappa shape index (κ2) is 8.28. The maximum Gasteiger partial charge on any atom is 0.329 e. The Labute approximate surface area is 122 Å². The molecule has 0 radical (unpaired) electrons. The summed E-state index contributed by atoms with van der Waals surface area (Å²) in [5, 5.41) is 9.29. The van der Waals surface area contributed by atoms with E-state index in [-0.39, 0.29) is 5.91 Å². The number of amides is 1. The summed E-state index contributed by atoms with van der Waals surface area (Å²) in [6, 6.07) is 0. The Morgan fingerprint density at radius 2 is 1.70 bits per heavy atom. The monoisotopic (exact) mass is 283 g/mol. The van der Waals surface area contributed by atoms with Crippen LogP contribution in [0.3, 0.4) is 0 Å². The molecule has 0 spiro atoms. The second-order valence-electron chi connectivity index (χ2n) is 6.10. The highest BCUT2D eigenvalue weighted by molar-refractivity contribution is 5.87. The largest absolute Gasteiger partial charge is 0.480 e. The van der Waals surface area contributed by atoms with Gasteiger partial charge in [0.05, 0.1) is 0 Å². The molecule has 4 nitrogen and oxygen atoms in total. The van der Waals surface area contributed by atoms with Gasteiger partial charge < -0.3 is 10.0 Å². The van der Waals surface area contributed by atoms with E-state index < -0.39 is 11.5 Å². The number of hydrogen-bond donors (Lipinski definition) is 1. The van der Waals surface area contributed by atoms with E-state index >= 15 is 0 Å². The minimum Gasteiger partial charge on any atom is -0.480 e. The Bertz CT molecular complexity index is 330. The standard InChI is InChI=1S/C16H29NO3/c1-3-4-5-6-7-8-9-11-14(18)17-13-10-12-16(17,2)15(19)20/h3-13H2,1-2H3,(H,19,20). The van der Waals surface area contributed by atoms with Gasteiger partial charge in [0.25, 0.3) is 0 Å². The quantitative estimate of drug-likeness (QED) is 0.658. The number of carbonyl (C=O) groups excluding carboxylic acids is 1. The predicted molar refractivity (Wildman–Crippen MR) is 79.6 cm³/mol. The lowest BCUT2D eigenvalue weighted by Crippen LogP contribution is -2.50. The molecular formula is C16H29NO3. The zero-order chi connectivity index (χ0) is 15.0. The van der Waals surface area contributed by atoms with Crippen molar-refractivity contribution in [3.05, 3.63) is 0 Å². The molecule has 20 heavy (non-hydrogen) atoms. The third-order valence-corrected chi connectivity index (χ3v) is 4.40. The molecule has 0 aromatic heterocycles. The first-order valence-electron chi connectivity index (χ1n) is 8.06. The van der Waals surface area contributed by atoms with Crippen LogP contribution in [0.25, 0.3) is 0 Å². The van der Waals surface area contributed by atoms with Gasteiger partial charge in [0.1, 0.15) is 5.54 Å². The second-order valence-corrected chi connectivity index (χ2v) is 6.10. The zero-order valence-electron chi connectivity index (χ0n) is 13.0. The summed E-state index contributed by atoms with van der Waals surface area (Å²) in [4.78, 5) is 25.1. The van der Waals surface area contributed by atoms with Gasteiger partial charge in [-0.1, -0.05) is 45.4 Å². The molecule has 1 N–H and O–H groups in total. The van der Waals surface area contributed by atoms with Gasteiger partial charge in [-0.2, -0.15) is 0 Å². The van der Waals surface area contributed by atoms with Gasteiger partial charge in [-0.05, 0) is 26.2 Å². The normalized spacial score (nSPS) is 22.2. The van der Waals surface area contributed by atoms with E-state index in [0.717, 1.165) is 19.3 Å². The van der Waals surface area contributed by atoms with Gasteiger partial charge in [-0.3, -0.25) is 4.79 Å². The Hall–Kier alpha value is -1.06. The number of aliphatic carboxylic acids is 1. The smallest absolute Gasteiger partial charge is 0.329 e. The van der Waals surface area contributed by atoms with E-state index in [1.807, 2.05) is 0 Å². The molecule has 4 heteroatoms. The van der Waals surface area contributed by atoms with Gasteiger partial charge in [-0.15, -0.1) is 0 Å². The van der Waals surface area contributed by atoms with E-state index in [9.17, 15) is 14.7 Å². The highest BCUT2D eigenvalue weighted by Crippen LogP contribution is 2.30. The number of carboxylic acid groups (broad SMARTS) is 1. The highest BCUT2D eigenvalue weighted by atomic mass is 16.4. The average molecular weight is 283 g/mol. The van der Waals surface area contributed by atoms with Crippen LogP contribution in [0, 0.1) is 0 Å². The van der Waals surface area contributed by atoms with Gasteiger partial charge in [0.2, 0.25) is 5.91 Å². The molecule has 116 valence electrons. The van der Waals surface area contributed by atoms with Crippen LogP contribution in [0.5, 0.6) is 0 Å². The molecule has 0 aliphatic carbocycles. The van der Waals surface area contributed by atoms with E-state index in [1.54, 1.807) is 11.8 Å². The first kappa shape index (κ1) is 17.0. The first-order valence-corrected chi connectivity index (χ1v) is 8.06. The summed E-state index contributed by atoms with van der Waals surface area (Å²) in [7, 11) is 0. The van der Waals surface area contributed by atoms with Gasteiger partial charge >= 0.3 is 5.97 Å². The molecule has 1 aliphatic heterocycles. The van der Waals surface area contributed by atoms with Gasteiger partial charge in [0.15, 0.2) is 0 Å². The van der Waals surface area contributed by atoms with Crippen molar-refractivity contribution in [3.8, 4) is 0 Å². The number of rotatable bonds is 9. The predicted octanol–water partition coefficient (Wildman–Crippen LogP) is 3.59. The maximum atomic E-state index is 12.2. The van der Waals surface area contributed by atoms with Crippen LogP contribution in [0.1, 0.15) is 78.1 Å². The van der Waals surface area contributed by atoms with E-state index in [4.69, 9.17) is 0 Å². The van der Waals surface area contributed by atoms with Gasteiger partial charge in [0, 0.05) is 13.0 Å². The number of likely N-dealkylation sites (tertiary alicyclic amines) is 1. The van der Waals surface area contributed by atoms with Crippen LogP contribution >= 0.6 is 0 Å². The Balaban J connectivity index is 2.24. The molecule has 1 saturated heterocycles. The van der Waals surface area contributed by atoms with Crippen molar-refractivity contribution in [3.63, 3.8) is 0 Å². The topological polar surface area (TPSA) is 57.6 Å². The molecular weight excluding hydrogens is 254 g/mol. The van der Waals surface area contributed by atoms with Crippen LogP contribution in [0.4, 0.5) is 0 Å². The maximum absolute atomic E-state index is 12.2. The molecule has 1 heterocycles. The molecule has 1 rings (SSSR count). The fourth-order valence-electron chi connectivity index (χ4n) is 2.95. The molecule has 0 aromatic rings. The van der Waals surface area contributed by atoms with Crippen molar-refractivity contribution in [1.82, 2.24) is 4.90 Å². The highest BCUT2D eigenvalue weighted by Gasteiger charge is 2.45. The van der Waals surface area contributed by atoms with Crippen molar-refractivity contribution in [2.75, 3.05) is 6.54 Å². The lowest BCUT2D eigenvalue weighted by molar-refractivity contribution is -0.155. The summed E-state index contributed by atoms with van der Waals surface area (Å²) in [6.07, 6.45) is 10.1. The van der Waals surface area contributed by atoms with Crippen molar-refractivity contribution < 1.29 is 14.7 Å². The number of carbonyl (C=O) groups is 2. The SMILES string of the molecule is CCCCCCCCCC(=O)N1CCCC1(C)C(=O)O. The first-order chi connectivity index (χ1) is 9.52. The number of unbranched alkanes of at least 4 members (excludes halogenated alkanes) is 6. The van der Waals surface area contributed by atoms with Crippen molar-refractivity contribution in [1.29, 1.82) is 0 Å². The summed E-state index contributed by atoms with van der Waals surface area (Å²) < 4.78 is 0. The third kappa shape index (κ3) is 4.50. The minimum absolute atomic E-state index is 0.0148. The third-order valence-electron chi connectivity index (χ3n) is 4.40. The van der Waals surface area contributed by atoms with Crippen molar-refractivity contribution in [2.24, 2.45) is 0 Å². The van der Waals surface area contributed by atoms with Crippen molar-refractivity contribution >= 4 is 11.9 Å². The number of carboxylic acids is 1. The lowest BCUT2D eigenvalue weighted by atomic mass is 9.98. The lowest BCUT2D eigenvalue weighted by Gasteiger charge is -2.31. The van der Waals surface area contributed by atoms with Crippen molar-refractivity contribution in [2.45, 2.75) is 83.6 Å². The fraction of sp³-hybridized carbons (Fsp3) is 0.875. The molecule has 0 bridgehead atoms. The molecule has 1 unspecified atom stereocenters. The Kier molecular flexibility index (Phi) is 7.03. The molecule has 0 saturated carbocycles. The van der Waals surface area contributed by atoms with E-state index in [0.29, 0.717) is 19.4 Å². The van der Waals surface area contributed by atoms with Crippen LogP contribution in [-0.4, -0.2) is 34.0 Å². The van der Waals surface area contributed by atoms with Crippen LogP contribution in [0.2, 0.25) is 0 Å². The van der Waals surface area contributed by atoms with E-state index in [2.05, 4.69) is 6.92 Å². The summed E-state index contributed by atoms with van der Waals surface area (Å²) in [6.45, 7) is 4.47. The Morgan fingerprint density at radius 1 is 1.10 bits per heavy atom. The minimum atomic E-state index is -0.974. The molecule has 0 aromatic carbocycles. The number of nitrogens with zero attached hydrogens (tertiary/aromatic N) is 1. The van der Waals surface area contributed by atoms with Gasteiger partial charge in [-0.25, -0.2) is 4.79 Å². The Morgan fingerprint density at radius 3 is 2.30 bits per heavy atom. The molecule has 1 amide bonds. The molecule has 1 atom stereocenters. The van der Waals surface area contributed by atoms with E-state index in [1.165, 1.54) is 32.1 Å². The summed E-state index contributed by atoms with van der Waals surface area (Å²) in [5.41, 5.74) is -0.974. The molecule has 1 fully saturated rings. The number of hydrogen-bond acceptors (Lipinski definition) is 2. The zero-order valence-corrected chi connectivity index (χ0v) is 13.0. The molecule has 1 aliphatic rings.